The average molecular weight is 290 g/mol. The first-order valence-corrected chi connectivity index (χ1v) is 6.92. The van der Waals surface area contributed by atoms with Crippen LogP contribution in [0.15, 0.2) is 60.7 Å². The van der Waals surface area contributed by atoms with E-state index in [-0.39, 0.29) is 0 Å². The normalized spacial score (nSPS) is 9.16. The number of hydrogen-bond donors (Lipinski definition) is 1. The monoisotopic (exact) mass is 290 g/mol. The van der Waals surface area contributed by atoms with Crippen molar-refractivity contribution in [3.63, 3.8) is 0 Å². The van der Waals surface area contributed by atoms with E-state index in [1.807, 2.05) is 72.5 Å². The second-order valence-electron chi connectivity index (χ2n) is 3.77. The molecule has 0 aliphatic rings. The molecule has 3 N–H and O–H groups in total. The highest BCUT2D eigenvalue weighted by molar-refractivity contribution is 8.00. The smallest absolute Gasteiger partial charge is 0.0711 e. The van der Waals surface area contributed by atoms with Crippen LogP contribution in [0.4, 0.5) is 11.4 Å². The van der Waals surface area contributed by atoms with Gasteiger partial charge in [0.2, 0.25) is 0 Å². The molecule has 0 aromatic heterocycles. The number of benzene rings is 2. The van der Waals surface area contributed by atoms with Crippen LogP contribution in [0.2, 0.25) is 0 Å². The first-order chi connectivity index (χ1) is 9.20. The van der Waals surface area contributed by atoms with Crippen LogP contribution in [0, 0.1) is 0 Å². The van der Waals surface area contributed by atoms with Gasteiger partial charge in [0, 0.05) is 11.4 Å². The SMILES string of the molecule is CC[NH3+].S=C([S-])N(c1ccccc1)c1ccccc1. The predicted octanol–water partition coefficient (Wildman–Crippen LogP) is 2.90. The zero-order valence-corrected chi connectivity index (χ0v) is 12.6. The molecule has 0 aliphatic carbocycles. The Kier molecular flexibility index (Phi) is 7.03. The van der Waals surface area contributed by atoms with Crippen molar-refractivity contribution in [2.24, 2.45) is 0 Å². The Hall–Kier alpha value is -1.49. The number of anilines is 2. The van der Waals surface area contributed by atoms with E-state index in [1.165, 1.54) is 0 Å². The predicted molar refractivity (Wildman–Crippen MR) is 88.4 cm³/mol. The molecule has 0 unspecified atom stereocenters. The molecule has 2 rings (SSSR count). The first-order valence-electron chi connectivity index (χ1n) is 6.11. The largest absolute Gasteiger partial charge is 0.411 e. The van der Waals surface area contributed by atoms with Gasteiger partial charge in [-0.2, -0.15) is 0 Å². The molecule has 2 nitrogen and oxygen atoms in total. The van der Waals surface area contributed by atoms with Crippen molar-refractivity contribution in [3.05, 3.63) is 60.7 Å². The van der Waals surface area contributed by atoms with E-state index in [0.29, 0.717) is 4.32 Å². The molecule has 0 heterocycles. The molecule has 2 aromatic rings. The Bertz CT molecular complexity index is 447. The third-order valence-corrected chi connectivity index (χ3v) is 2.58. The number of rotatable bonds is 2. The van der Waals surface area contributed by atoms with Crippen LogP contribution in [0.25, 0.3) is 0 Å². The van der Waals surface area contributed by atoms with Gasteiger partial charge in [-0.15, -0.1) is 0 Å². The van der Waals surface area contributed by atoms with Crippen LogP contribution >= 0.6 is 12.2 Å². The fourth-order valence-electron chi connectivity index (χ4n) is 1.51. The molecule has 0 fully saturated rings. The van der Waals surface area contributed by atoms with Crippen LogP contribution < -0.4 is 10.6 Å². The highest BCUT2D eigenvalue weighted by atomic mass is 32.1. The molecule has 0 radical (unpaired) electrons. The first kappa shape index (κ1) is 15.6. The maximum absolute atomic E-state index is 5.12. The minimum atomic E-state index is 0.428. The van der Waals surface area contributed by atoms with Crippen LogP contribution in [0.3, 0.4) is 0 Å². The van der Waals surface area contributed by atoms with Gasteiger partial charge in [-0.1, -0.05) is 40.7 Å². The van der Waals surface area contributed by atoms with Crippen LogP contribution in [0.5, 0.6) is 0 Å². The van der Waals surface area contributed by atoms with Gasteiger partial charge in [0.05, 0.1) is 6.54 Å². The summed E-state index contributed by atoms with van der Waals surface area (Å²) in [6.07, 6.45) is 0. The van der Waals surface area contributed by atoms with Crippen molar-refractivity contribution in [1.29, 1.82) is 0 Å². The summed E-state index contributed by atoms with van der Waals surface area (Å²) in [6, 6.07) is 19.8. The van der Waals surface area contributed by atoms with Crippen molar-refractivity contribution in [1.82, 2.24) is 0 Å². The summed E-state index contributed by atoms with van der Waals surface area (Å²) < 4.78 is 0.428. The van der Waals surface area contributed by atoms with E-state index < -0.39 is 0 Å². The molecule has 0 spiro atoms. The lowest BCUT2D eigenvalue weighted by molar-refractivity contribution is -0.361. The Morgan fingerprint density at radius 1 is 1.00 bits per heavy atom. The lowest BCUT2D eigenvalue weighted by atomic mass is 10.2. The van der Waals surface area contributed by atoms with E-state index in [4.69, 9.17) is 24.8 Å². The van der Waals surface area contributed by atoms with Gasteiger partial charge in [0.15, 0.2) is 0 Å². The number of hydrogen-bond acceptors (Lipinski definition) is 2. The molecule has 2 aromatic carbocycles. The average Bonchev–Trinajstić information content (AvgIpc) is 2.42. The molecule has 100 valence electrons. The van der Waals surface area contributed by atoms with Gasteiger partial charge in [-0.25, -0.2) is 0 Å². The maximum atomic E-state index is 5.12. The quantitative estimate of drug-likeness (QED) is 0.681. The van der Waals surface area contributed by atoms with Gasteiger partial charge in [0.25, 0.3) is 0 Å². The molecule has 0 bridgehead atoms. The molecule has 0 saturated carbocycles. The van der Waals surface area contributed by atoms with Gasteiger partial charge in [-0.05, 0) is 31.2 Å². The van der Waals surface area contributed by atoms with E-state index in [0.717, 1.165) is 17.9 Å². The van der Waals surface area contributed by atoms with Crippen LogP contribution in [-0.4, -0.2) is 10.9 Å². The van der Waals surface area contributed by atoms with Crippen molar-refractivity contribution in [2.75, 3.05) is 11.4 Å². The fourth-order valence-corrected chi connectivity index (χ4v) is 1.94. The summed E-state index contributed by atoms with van der Waals surface area (Å²) in [5, 5.41) is 0. The zero-order valence-electron chi connectivity index (χ0n) is 11.0. The Balaban J connectivity index is 0.000000550. The van der Waals surface area contributed by atoms with E-state index in [9.17, 15) is 0 Å². The van der Waals surface area contributed by atoms with E-state index in [2.05, 4.69) is 5.73 Å². The van der Waals surface area contributed by atoms with Crippen molar-refractivity contribution in [3.8, 4) is 0 Å². The minimum Gasteiger partial charge on any atom is -0.411 e. The van der Waals surface area contributed by atoms with Crippen molar-refractivity contribution in [2.45, 2.75) is 6.92 Å². The molecule has 0 amide bonds. The van der Waals surface area contributed by atoms with Crippen molar-refractivity contribution >= 4 is 40.5 Å². The van der Waals surface area contributed by atoms with Gasteiger partial charge < -0.3 is 35.5 Å². The number of quaternary nitrogens is 1. The summed E-state index contributed by atoms with van der Waals surface area (Å²) in [4.78, 5) is 1.88. The molecule has 0 atom stereocenters. The minimum absolute atomic E-state index is 0.428. The summed E-state index contributed by atoms with van der Waals surface area (Å²) in [7, 11) is 0. The molecule has 19 heavy (non-hydrogen) atoms. The molecule has 0 saturated heterocycles. The van der Waals surface area contributed by atoms with Gasteiger partial charge in [0.1, 0.15) is 0 Å². The third-order valence-electron chi connectivity index (χ3n) is 2.21. The lowest BCUT2D eigenvalue weighted by Crippen LogP contribution is -2.48. The van der Waals surface area contributed by atoms with Gasteiger partial charge in [-0.3, -0.25) is 0 Å². The Morgan fingerprint density at radius 3 is 1.58 bits per heavy atom. The standard InChI is InChI=1S/C13H11NS2.C2H7N/c15-13(16)14(11-7-3-1-4-8-11)12-9-5-2-6-10-12;1-2-3/h1-10H,(H,15,16);2-3H2,1H3. The molecular weight excluding hydrogens is 272 g/mol. The summed E-state index contributed by atoms with van der Waals surface area (Å²) in [6.45, 7) is 3.01. The second-order valence-corrected chi connectivity index (χ2v) is 4.80. The van der Waals surface area contributed by atoms with E-state index >= 15 is 0 Å². The zero-order chi connectivity index (χ0) is 14.1. The number of nitrogens with zero attached hydrogens (tertiary/aromatic N) is 1. The number of thiocarbonyl (C=S) groups is 1. The summed E-state index contributed by atoms with van der Waals surface area (Å²) >= 11 is 10.2. The summed E-state index contributed by atoms with van der Waals surface area (Å²) in [5.41, 5.74) is 5.47. The van der Waals surface area contributed by atoms with Crippen LogP contribution in [-0.2, 0) is 12.6 Å². The Morgan fingerprint density at radius 2 is 1.32 bits per heavy atom. The second kappa shape index (κ2) is 8.58. The highest BCUT2D eigenvalue weighted by Crippen LogP contribution is 2.24. The molecule has 0 aliphatic heterocycles. The van der Waals surface area contributed by atoms with Crippen LogP contribution in [0.1, 0.15) is 6.92 Å². The third kappa shape index (κ3) is 4.95. The topological polar surface area (TPSA) is 30.9 Å². The number of para-hydroxylation sites is 2. The lowest BCUT2D eigenvalue weighted by Gasteiger charge is -2.28. The fraction of sp³-hybridized carbons (Fsp3) is 0.133. The Labute approximate surface area is 125 Å². The van der Waals surface area contributed by atoms with Crippen molar-refractivity contribution < 1.29 is 5.73 Å². The van der Waals surface area contributed by atoms with Gasteiger partial charge >= 0.3 is 0 Å². The summed E-state index contributed by atoms with van der Waals surface area (Å²) in [5.74, 6) is 0. The highest BCUT2D eigenvalue weighted by Gasteiger charge is 2.05. The van der Waals surface area contributed by atoms with E-state index in [1.54, 1.807) is 0 Å². The molecule has 4 heteroatoms. The molecular formula is C15H18N2S2. The maximum Gasteiger partial charge on any atom is 0.0711 e.